The van der Waals surface area contributed by atoms with Gasteiger partial charge in [0.1, 0.15) is 11.5 Å². The fraction of sp³-hybridized carbons (Fsp3) is 0.462. The molecule has 1 rings (SSSR count). The van der Waals surface area contributed by atoms with Crippen molar-refractivity contribution in [1.29, 1.82) is 5.26 Å². The van der Waals surface area contributed by atoms with Crippen LogP contribution in [0.3, 0.4) is 0 Å². The van der Waals surface area contributed by atoms with Gasteiger partial charge >= 0.3 is 0 Å². The lowest BCUT2D eigenvalue weighted by atomic mass is 10.0. The standard InChI is InChI=1S/C13H18N2O2/c1-3-10(7-8-14)15-9(2)13-11(16)5-4-6-12(13)17/h4-6,9-10,15-17H,3,7H2,1-2H3. The molecule has 0 saturated heterocycles. The predicted octanol–water partition coefficient (Wildman–Crippen LogP) is 2.44. The topological polar surface area (TPSA) is 76.3 Å². The van der Waals surface area contributed by atoms with Crippen LogP contribution in [0.2, 0.25) is 0 Å². The van der Waals surface area contributed by atoms with Gasteiger partial charge in [-0.2, -0.15) is 5.26 Å². The zero-order valence-electron chi connectivity index (χ0n) is 10.1. The van der Waals surface area contributed by atoms with Crippen LogP contribution in [-0.4, -0.2) is 16.3 Å². The summed E-state index contributed by atoms with van der Waals surface area (Å²) in [4.78, 5) is 0. The lowest BCUT2D eigenvalue weighted by molar-refractivity contribution is 0.395. The molecule has 0 saturated carbocycles. The minimum absolute atomic E-state index is 0.0639. The van der Waals surface area contributed by atoms with E-state index in [0.717, 1.165) is 6.42 Å². The van der Waals surface area contributed by atoms with Crippen molar-refractivity contribution in [3.8, 4) is 17.6 Å². The van der Waals surface area contributed by atoms with Crippen LogP contribution >= 0.6 is 0 Å². The number of phenolic OH excluding ortho intramolecular Hbond substituents is 2. The Kier molecular flexibility index (Phi) is 4.80. The second kappa shape index (κ2) is 6.12. The number of phenols is 2. The Morgan fingerprint density at radius 1 is 1.35 bits per heavy atom. The summed E-state index contributed by atoms with van der Waals surface area (Å²) in [7, 11) is 0. The number of aromatic hydroxyl groups is 2. The Bertz CT molecular complexity index is 392. The van der Waals surface area contributed by atoms with Crippen LogP contribution in [0, 0.1) is 11.3 Å². The van der Waals surface area contributed by atoms with E-state index >= 15 is 0 Å². The first-order valence-corrected chi connectivity index (χ1v) is 5.74. The lowest BCUT2D eigenvalue weighted by Gasteiger charge is -2.21. The highest BCUT2D eigenvalue weighted by atomic mass is 16.3. The average molecular weight is 234 g/mol. The molecule has 92 valence electrons. The second-order valence-electron chi connectivity index (χ2n) is 4.07. The van der Waals surface area contributed by atoms with E-state index in [4.69, 9.17) is 5.26 Å². The van der Waals surface area contributed by atoms with Crippen LogP contribution in [-0.2, 0) is 0 Å². The highest BCUT2D eigenvalue weighted by Crippen LogP contribution is 2.32. The monoisotopic (exact) mass is 234 g/mol. The maximum absolute atomic E-state index is 9.71. The molecule has 0 aliphatic carbocycles. The minimum Gasteiger partial charge on any atom is -0.507 e. The van der Waals surface area contributed by atoms with E-state index in [1.54, 1.807) is 18.2 Å². The Balaban J connectivity index is 2.82. The molecule has 0 aliphatic rings. The maximum Gasteiger partial charge on any atom is 0.124 e. The number of hydrogen-bond donors (Lipinski definition) is 3. The predicted molar refractivity (Wildman–Crippen MR) is 65.6 cm³/mol. The quantitative estimate of drug-likeness (QED) is 0.731. The number of rotatable bonds is 5. The van der Waals surface area contributed by atoms with Crippen LogP contribution in [0.15, 0.2) is 18.2 Å². The Morgan fingerprint density at radius 2 is 1.94 bits per heavy atom. The molecule has 2 unspecified atom stereocenters. The van der Waals surface area contributed by atoms with Crippen molar-refractivity contribution >= 4 is 0 Å². The number of nitriles is 1. The molecule has 0 bridgehead atoms. The number of nitrogens with zero attached hydrogens (tertiary/aromatic N) is 1. The fourth-order valence-corrected chi connectivity index (χ4v) is 1.85. The highest BCUT2D eigenvalue weighted by Gasteiger charge is 2.17. The fourth-order valence-electron chi connectivity index (χ4n) is 1.85. The van der Waals surface area contributed by atoms with Crippen molar-refractivity contribution in [2.24, 2.45) is 0 Å². The van der Waals surface area contributed by atoms with Gasteiger partial charge in [-0.1, -0.05) is 13.0 Å². The summed E-state index contributed by atoms with van der Waals surface area (Å²) in [5, 5.41) is 31.3. The third-order valence-corrected chi connectivity index (χ3v) is 2.81. The van der Waals surface area contributed by atoms with Gasteiger partial charge in [-0.05, 0) is 25.5 Å². The molecule has 0 heterocycles. The van der Waals surface area contributed by atoms with Crippen molar-refractivity contribution < 1.29 is 10.2 Å². The third-order valence-electron chi connectivity index (χ3n) is 2.81. The lowest BCUT2D eigenvalue weighted by Crippen LogP contribution is -2.30. The van der Waals surface area contributed by atoms with Crippen LogP contribution in [0.4, 0.5) is 0 Å². The summed E-state index contributed by atoms with van der Waals surface area (Å²) >= 11 is 0. The molecule has 0 aromatic heterocycles. The molecule has 3 N–H and O–H groups in total. The van der Waals surface area contributed by atoms with E-state index in [0.29, 0.717) is 12.0 Å². The van der Waals surface area contributed by atoms with Crippen LogP contribution < -0.4 is 5.32 Å². The smallest absolute Gasteiger partial charge is 0.124 e. The molecule has 17 heavy (non-hydrogen) atoms. The van der Waals surface area contributed by atoms with Gasteiger partial charge in [-0.25, -0.2) is 0 Å². The third kappa shape index (κ3) is 3.36. The zero-order valence-corrected chi connectivity index (χ0v) is 10.1. The maximum atomic E-state index is 9.71. The molecule has 0 spiro atoms. The summed E-state index contributed by atoms with van der Waals surface area (Å²) in [5.41, 5.74) is 0.476. The van der Waals surface area contributed by atoms with Crippen molar-refractivity contribution in [2.45, 2.75) is 38.8 Å². The van der Waals surface area contributed by atoms with Crippen molar-refractivity contribution in [1.82, 2.24) is 5.32 Å². The largest absolute Gasteiger partial charge is 0.507 e. The first-order valence-electron chi connectivity index (χ1n) is 5.74. The normalized spacial score (nSPS) is 13.9. The second-order valence-corrected chi connectivity index (χ2v) is 4.07. The van der Waals surface area contributed by atoms with Gasteiger partial charge in [0.25, 0.3) is 0 Å². The number of nitrogens with one attached hydrogen (secondary N) is 1. The van der Waals surface area contributed by atoms with Crippen LogP contribution in [0.5, 0.6) is 11.5 Å². The van der Waals surface area contributed by atoms with Crippen LogP contribution in [0.1, 0.15) is 38.3 Å². The molecule has 1 aromatic carbocycles. The van der Waals surface area contributed by atoms with E-state index < -0.39 is 0 Å². The average Bonchev–Trinajstić information content (AvgIpc) is 2.28. The Morgan fingerprint density at radius 3 is 2.41 bits per heavy atom. The Hall–Kier alpha value is -1.73. The first-order chi connectivity index (χ1) is 8.10. The Labute approximate surface area is 102 Å². The molecule has 0 amide bonds. The van der Waals surface area contributed by atoms with Gasteiger partial charge in [0.15, 0.2) is 0 Å². The number of benzene rings is 1. The SMILES string of the molecule is CCC(CC#N)NC(C)c1c(O)cccc1O. The van der Waals surface area contributed by atoms with E-state index in [1.165, 1.54) is 0 Å². The zero-order chi connectivity index (χ0) is 12.8. The van der Waals surface area contributed by atoms with Gasteiger partial charge in [0.05, 0.1) is 18.1 Å². The van der Waals surface area contributed by atoms with Gasteiger partial charge in [-0.3, -0.25) is 0 Å². The molecule has 0 fully saturated rings. The highest BCUT2D eigenvalue weighted by molar-refractivity contribution is 5.44. The van der Waals surface area contributed by atoms with Gasteiger partial charge in [0.2, 0.25) is 0 Å². The minimum atomic E-state index is -0.200. The van der Waals surface area contributed by atoms with Gasteiger partial charge in [0, 0.05) is 12.1 Å². The molecule has 4 heteroatoms. The van der Waals surface area contributed by atoms with E-state index in [1.807, 2.05) is 13.8 Å². The summed E-state index contributed by atoms with van der Waals surface area (Å²) in [6, 6.07) is 6.65. The van der Waals surface area contributed by atoms with Crippen molar-refractivity contribution in [3.05, 3.63) is 23.8 Å². The molecular weight excluding hydrogens is 216 g/mol. The molecule has 2 atom stereocenters. The first kappa shape index (κ1) is 13.3. The molecule has 0 aliphatic heterocycles. The summed E-state index contributed by atoms with van der Waals surface area (Å²) in [6.07, 6.45) is 1.24. The van der Waals surface area contributed by atoms with E-state index in [-0.39, 0.29) is 23.6 Å². The molecule has 0 radical (unpaired) electrons. The van der Waals surface area contributed by atoms with Gasteiger partial charge in [-0.15, -0.1) is 0 Å². The van der Waals surface area contributed by atoms with Crippen molar-refractivity contribution in [2.75, 3.05) is 0 Å². The molecule has 4 nitrogen and oxygen atoms in total. The summed E-state index contributed by atoms with van der Waals surface area (Å²) < 4.78 is 0. The molecule has 1 aromatic rings. The summed E-state index contributed by atoms with van der Waals surface area (Å²) in [6.45, 7) is 3.85. The summed E-state index contributed by atoms with van der Waals surface area (Å²) in [5.74, 6) is 0.133. The van der Waals surface area contributed by atoms with E-state index in [2.05, 4.69) is 11.4 Å². The van der Waals surface area contributed by atoms with Crippen LogP contribution in [0.25, 0.3) is 0 Å². The van der Waals surface area contributed by atoms with Crippen molar-refractivity contribution in [3.63, 3.8) is 0 Å². The molecular formula is C13H18N2O2. The van der Waals surface area contributed by atoms with E-state index in [9.17, 15) is 10.2 Å². The number of hydrogen-bond acceptors (Lipinski definition) is 4. The van der Waals surface area contributed by atoms with Gasteiger partial charge < -0.3 is 15.5 Å².